The van der Waals surface area contributed by atoms with Gasteiger partial charge in [-0.25, -0.2) is 13.8 Å². The quantitative estimate of drug-likeness (QED) is 0.442. The Kier molecular flexibility index (Phi) is 5.50. The van der Waals surface area contributed by atoms with Gasteiger partial charge in [0.2, 0.25) is 0 Å². The molecule has 0 bridgehead atoms. The van der Waals surface area contributed by atoms with Gasteiger partial charge in [-0.05, 0) is 42.7 Å². The van der Waals surface area contributed by atoms with Crippen molar-refractivity contribution in [3.63, 3.8) is 0 Å². The van der Waals surface area contributed by atoms with Crippen LogP contribution < -0.4 is 4.80 Å². The van der Waals surface area contributed by atoms with Gasteiger partial charge in [0, 0.05) is 30.2 Å². The first-order chi connectivity index (χ1) is 14.0. The van der Waals surface area contributed by atoms with E-state index in [0.29, 0.717) is 18.0 Å². The number of nitro groups is 1. The molecule has 4 rings (SSSR count). The summed E-state index contributed by atoms with van der Waals surface area (Å²) in [7, 11) is 0. The molecule has 2 aromatic carbocycles. The van der Waals surface area contributed by atoms with E-state index in [1.807, 2.05) is 9.95 Å². The third-order valence-electron chi connectivity index (χ3n) is 4.71. The first-order valence-corrected chi connectivity index (χ1v) is 9.94. The van der Waals surface area contributed by atoms with Crippen LogP contribution in [0.25, 0.3) is 11.3 Å². The zero-order valence-corrected chi connectivity index (χ0v) is 16.1. The summed E-state index contributed by atoms with van der Waals surface area (Å²) in [5.74, 6) is -1.40. The molecule has 1 saturated heterocycles. The lowest BCUT2D eigenvalue weighted by Gasteiger charge is -2.14. The summed E-state index contributed by atoms with van der Waals surface area (Å²) in [4.78, 5) is 15.4. The van der Waals surface area contributed by atoms with Gasteiger partial charge in [0.05, 0.1) is 23.3 Å². The largest absolute Gasteiger partial charge is 0.376 e. The van der Waals surface area contributed by atoms with Gasteiger partial charge in [-0.3, -0.25) is 10.1 Å². The number of hydrogen-bond donors (Lipinski definition) is 0. The molecule has 9 heteroatoms. The molecule has 0 spiro atoms. The standard InChI is InChI=1S/C20H17F2N3O3S/c21-14-5-8-18(17(22)10-14)23-20-24(11-16-2-1-9-28-16)19(12-29-20)13-3-6-15(7-4-13)25(26)27/h3-8,10,12,16H,1-2,9,11H2. The average molecular weight is 417 g/mol. The van der Waals surface area contributed by atoms with Crippen molar-refractivity contribution >= 4 is 22.7 Å². The fourth-order valence-corrected chi connectivity index (χ4v) is 4.18. The van der Waals surface area contributed by atoms with Crippen LogP contribution in [-0.4, -0.2) is 22.2 Å². The van der Waals surface area contributed by atoms with Crippen LogP contribution >= 0.6 is 11.3 Å². The Balaban J connectivity index is 1.79. The molecule has 0 N–H and O–H groups in total. The normalized spacial score (nSPS) is 17.0. The molecule has 6 nitrogen and oxygen atoms in total. The minimum absolute atomic E-state index is 0.00736. The Labute approximate surface area is 168 Å². The molecule has 1 aliphatic heterocycles. The Morgan fingerprint density at radius 3 is 2.69 bits per heavy atom. The molecule has 1 aromatic heterocycles. The molecule has 3 aromatic rings. The van der Waals surface area contributed by atoms with Crippen LogP contribution in [0.2, 0.25) is 0 Å². The molecular formula is C20H17F2N3O3S. The van der Waals surface area contributed by atoms with Crippen molar-refractivity contribution < 1.29 is 18.4 Å². The van der Waals surface area contributed by atoms with Crippen LogP contribution in [0.15, 0.2) is 52.8 Å². The highest BCUT2D eigenvalue weighted by molar-refractivity contribution is 7.07. The van der Waals surface area contributed by atoms with E-state index in [1.165, 1.54) is 29.5 Å². The van der Waals surface area contributed by atoms with Crippen molar-refractivity contribution in [2.45, 2.75) is 25.5 Å². The van der Waals surface area contributed by atoms with E-state index >= 15 is 0 Å². The maximum atomic E-state index is 14.1. The highest BCUT2D eigenvalue weighted by atomic mass is 32.1. The number of nitrogens with zero attached hydrogens (tertiary/aromatic N) is 3. The molecule has 0 saturated carbocycles. The first-order valence-electron chi connectivity index (χ1n) is 9.06. The zero-order chi connectivity index (χ0) is 20.4. The Morgan fingerprint density at radius 1 is 1.24 bits per heavy atom. The lowest BCUT2D eigenvalue weighted by molar-refractivity contribution is -0.384. The highest BCUT2D eigenvalue weighted by Crippen LogP contribution is 2.26. The van der Waals surface area contributed by atoms with Crippen LogP contribution in [-0.2, 0) is 11.3 Å². The Bertz CT molecular complexity index is 1100. The predicted octanol–water partition coefficient (Wildman–Crippen LogP) is 4.81. The summed E-state index contributed by atoms with van der Waals surface area (Å²) in [5.41, 5.74) is 1.64. The smallest absolute Gasteiger partial charge is 0.269 e. The fraction of sp³-hybridized carbons (Fsp3) is 0.250. The van der Waals surface area contributed by atoms with Gasteiger partial charge in [0.25, 0.3) is 5.69 Å². The summed E-state index contributed by atoms with van der Waals surface area (Å²) in [6, 6.07) is 9.50. The number of rotatable bonds is 5. The van der Waals surface area contributed by atoms with Gasteiger partial charge < -0.3 is 9.30 Å². The van der Waals surface area contributed by atoms with E-state index in [2.05, 4.69) is 4.99 Å². The lowest BCUT2D eigenvalue weighted by Crippen LogP contribution is -2.24. The molecule has 2 heterocycles. The summed E-state index contributed by atoms with van der Waals surface area (Å²) >= 11 is 1.32. The van der Waals surface area contributed by atoms with Crippen molar-refractivity contribution in [1.82, 2.24) is 4.57 Å². The van der Waals surface area contributed by atoms with Crippen LogP contribution in [0.3, 0.4) is 0 Å². The third-order valence-corrected chi connectivity index (χ3v) is 5.57. The number of thiazole rings is 1. The van der Waals surface area contributed by atoms with Gasteiger partial charge in [-0.15, -0.1) is 11.3 Å². The van der Waals surface area contributed by atoms with E-state index in [-0.39, 0.29) is 17.5 Å². The SMILES string of the molecule is O=[N+]([O-])c1ccc(-c2csc(=Nc3ccc(F)cc3F)n2CC2CCCO2)cc1. The van der Waals surface area contributed by atoms with Crippen LogP contribution in [0.4, 0.5) is 20.2 Å². The molecule has 0 aliphatic carbocycles. The van der Waals surface area contributed by atoms with Crippen molar-refractivity contribution in [2.75, 3.05) is 6.61 Å². The number of aromatic nitrogens is 1. The number of halogens is 2. The average Bonchev–Trinajstić information content (AvgIpc) is 3.35. The summed E-state index contributed by atoms with van der Waals surface area (Å²) in [5, 5.41) is 12.8. The topological polar surface area (TPSA) is 69.7 Å². The van der Waals surface area contributed by atoms with Crippen molar-refractivity contribution in [3.8, 4) is 11.3 Å². The number of hydrogen-bond acceptors (Lipinski definition) is 5. The second kappa shape index (κ2) is 8.22. The zero-order valence-electron chi connectivity index (χ0n) is 15.3. The third kappa shape index (κ3) is 4.25. The van der Waals surface area contributed by atoms with Crippen LogP contribution in [0, 0.1) is 21.7 Å². The van der Waals surface area contributed by atoms with E-state index in [0.717, 1.165) is 36.2 Å². The molecule has 1 unspecified atom stereocenters. The molecule has 29 heavy (non-hydrogen) atoms. The summed E-state index contributed by atoms with van der Waals surface area (Å²) in [6.07, 6.45) is 1.90. The van der Waals surface area contributed by atoms with Gasteiger partial charge in [0.1, 0.15) is 11.5 Å². The monoisotopic (exact) mass is 417 g/mol. The van der Waals surface area contributed by atoms with Crippen LogP contribution in [0.5, 0.6) is 0 Å². The van der Waals surface area contributed by atoms with E-state index in [1.54, 1.807) is 12.1 Å². The molecule has 0 radical (unpaired) electrons. The second-order valence-electron chi connectivity index (χ2n) is 6.66. The second-order valence-corrected chi connectivity index (χ2v) is 7.50. The summed E-state index contributed by atoms with van der Waals surface area (Å²) < 4.78 is 35.0. The van der Waals surface area contributed by atoms with E-state index < -0.39 is 16.6 Å². The van der Waals surface area contributed by atoms with Gasteiger partial charge in [0.15, 0.2) is 10.6 Å². The molecule has 1 aliphatic rings. The predicted molar refractivity (Wildman–Crippen MR) is 105 cm³/mol. The minimum Gasteiger partial charge on any atom is -0.376 e. The maximum absolute atomic E-state index is 14.1. The van der Waals surface area contributed by atoms with E-state index in [4.69, 9.17) is 4.74 Å². The number of nitro benzene ring substituents is 1. The Hall–Kier alpha value is -2.91. The molecule has 1 atom stereocenters. The molecule has 0 amide bonds. The van der Waals surface area contributed by atoms with Crippen molar-refractivity contribution in [3.05, 3.63) is 74.4 Å². The van der Waals surface area contributed by atoms with Gasteiger partial charge in [-0.2, -0.15) is 0 Å². The van der Waals surface area contributed by atoms with Crippen LogP contribution in [0.1, 0.15) is 12.8 Å². The highest BCUT2D eigenvalue weighted by Gasteiger charge is 2.19. The minimum atomic E-state index is -0.737. The Morgan fingerprint density at radius 2 is 2.03 bits per heavy atom. The number of non-ortho nitro benzene ring substituents is 1. The summed E-state index contributed by atoms with van der Waals surface area (Å²) in [6.45, 7) is 1.22. The first kappa shape index (κ1) is 19.4. The van der Waals surface area contributed by atoms with Crippen molar-refractivity contribution in [1.29, 1.82) is 0 Å². The van der Waals surface area contributed by atoms with Crippen molar-refractivity contribution in [2.24, 2.45) is 4.99 Å². The van der Waals surface area contributed by atoms with Gasteiger partial charge in [-0.1, -0.05) is 0 Å². The molecule has 1 fully saturated rings. The molecule has 150 valence electrons. The van der Waals surface area contributed by atoms with E-state index in [9.17, 15) is 18.9 Å². The van der Waals surface area contributed by atoms with Gasteiger partial charge >= 0.3 is 0 Å². The lowest BCUT2D eigenvalue weighted by atomic mass is 10.1. The number of benzene rings is 2. The molecular weight excluding hydrogens is 400 g/mol. The maximum Gasteiger partial charge on any atom is 0.269 e. The fourth-order valence-electron chi connectivity index (χ4n) is 3.25. The number of ether oxygens (including phenoxy) is 1.